The molecule has 0 saturated carbocycles. The van der Waals surface area contributed by atoms with Crippen molar-refractivity contribution in [2.24, 2.45) is 0 Å². The number of carbonyl (C=O) groups is 1. The Kier molecular flexibility index (Phi) is 11.3. The molecule has 180 valence electrons. The topological polar surface area (TPSA) is 96.5 Å². The summed E-state index contributed by atoms with van der Waals surface area (Å²) < 4.78 is 32.5. The van der Waals surface area contributed by atoms with Crippen molar-refractivity contribution in [1.82, 2.24) is 10.0 Å². The predicted octanol–water partition coefficient (Wildman–Crippen LogP) is 4.85. The summed E-state index contributed by atoms with van der Waals surface area (Å²) >= 11 is 5.20. The second kappa shape index (κ2) is 13.9. The van der Waals surface area contributed by atoms with Crippen LogP contribution in [0, 0.1) is 0 Å². The fourth-order valence-corrected chi connectivity index (χ4v) is 4.32. The zero-order valence-electron chi connectivity index (χ0n) is 19.2. The highest BCUT2D eigenvalue weighted by Gasteiger charge is 2.13. The lowest BCUT2D eigenvalue weighted by atomic mass is 10.2. The average molecular weight is 492 g/mol. The van der Waals surface area contributed by atoms with Gasteiger partial charge in [-0.1, -0.05) is 39.5 Å². The highest BCUT2D eigenvalue weighted by atomic mass is 32.2. The standard InChI is InChI=1S/C24H33N3O4S2/c1-3-5-6-7-8-18-31-21-13-9-19(10-14-21)23(28)27-24(32)26-20-11-15-22(16-12-20)33(29,30)25-17-4-2/h9-16,25H,3-8,17-18H2,1-2H3,(H2,26,27,28,32). The van der Waals surface area contributed by atoms with E-state index in [1.807, 2.05) is 6.92 Å². The Bertz CT molecular complexity index is 991. The van der Waals surface area contributed by atoms with Gasteiger partial charge in [0, 0.05) is 17.8 Å². The molecule has 0 aliphatic heterocycles. The molecule has 0 spiro atoms. The molecule has 2 rings (SSSR count). The minimum Gasteiger partial charge on any atom is -0.494 e. The number of hydrogen-bond acceptors (Lipinski definition) is 5. The number of hydrogen-bond donors (Lipinski definition) is 3. The van der Waals surface area contributed by atoms with Crippen molar-refractivity contribution >= 4 is 38.9 Å². The zero-order valence-corrected chi connectivity index (χ0v) is 20.9. The maximum atomic E-state index is 12.4. The van der Waals surface area contributed by atoms with Crippen molar-refractivity contribution in [3.8, 4) is 5.75 Å². The second-order valence-corrected chi connectivity index (χ2v) is 9.79. The maximum absolute atomic E-state index is 12.4. The number of thiocarbonyl (C=S) groups is 1. The lowest BCUT2D eigenvalue weighted by Crippen LogP contribution is -2.34. The van der Waals surface area contributed by atoms with Crippen LogP contribution in [0.5, 0.6) is 5.75 Å². The lowest BCUT2D eigenvalue weighted by molar-refractivity contribution is 0.0977. The fourth-order valence-electron chi connectivity index (χ4n) is 2.97. The summed E-state index contributed by atoms with van der Waals surface area (Å²) in [4.78, 5) is 12.6. The average Bonchev–Trinajstić information content (AvgIpc) is 2.80. The molecule has 2 aromatic rings. The largest absolute Gasteiger partial charge is 0.494 e. The van der Waals surface area contributed by atoms with Crippen molar-refractivity contribution in [2.45, 2.75) is 57.3 Å². The van der Waals surface area contributed by atoms with Crippen LogP contribution in [0.4, 0.5) is 5.69 Å². The number of nitrogens with one attached hydrogen (secondary N) is 3. The van der Waals surface area contributed by atoms with E-state index < -0.39 is 10.0 Å². The molecule has 9 heteroatoms. The molecule has 3 N–H and O–H groups in total. The molecule has 0 heterocycles. The van der Waals surface area contributed by atoms with Gasteiger partial charge in [-0.3, -0.25) is 10.1 Å². The SMILES string of the molecule is CCCCCCCOc1ccc(C(=O)NC(=S)Nc2ccc(S(=O)(=O)NCCC)cc2)cc1. The van der Waals surface area contributed by atoms with Crippen LogP contribution in [-0.4, -0.2) is 32.6 Å². The Balaban J connectivity index is 1.81. The number of anilines is 1. The number of rotatable bonds is 13. The van der Waals surface area contributed by atoms with Crippen molar-refractivity contribution < 1.29 is 17.9 Å². The quantitative estimate of drug-likeness (QED) is 0.274. The maximum Gasteiger partial charge on any atom is 0.257 e. The minimum atomic E-state index is -3.53. The minimum absolute atomic E-state index is 0.118. The number of sulfonamides is 1. The van der Waals surface area contributed by atoms with Crippen LogP contribution in [0.1, 0.15) is 62.7 Å². The van der Waals surface area contributed by atoms with Crippen LogP contribution in [0.25, 0.3) is 0 Å². The lowest BCUT2D eigenvalue weighted by Gasteiger charge is -2.11. The van der Waals surface area contributed by atoms with Crippen LogP contribution >= 0.6 is 12.2 Å². The van der Waals surface area contributed by atoms with Crippen molar-refractivity contribution in [1.29, 1.82) is 0 Å². The molecule has 0 bridgehead atoms. The number of unbranched alkanes of at least 4 members (excludes halogenated alkanes) is 4. The summed E-state index contributed by atoms with van der Waals surface area (Å²) in [5.74, 6) is 0.382. The van der Waals surface area contributed by atoms with E-state index in [9.17, 15) is 13.2 Å². The van der Waals surface area contributed by atoms with Crippen LogP contribution < -0.4 is 20.1 Å². The first-order chi connectivity index (χ1) is 15.9. The molecule has 0 aromatic heterocycles. The number of carbonyl (C=O) groups excluding carboxylic acids is 1. The summed E-state index contributed by atoms with van der Waals surface area (Å²) in [5.41, 5.74) is 1.02. The van der Waals surface area contributed by atoms with Gasteiger partial charge in [0.2, 0.25) is 10.0 Å². The summed E-state index contributed by atoms with van der Waals surface area (Å²) in [6, 6.07) is 13.0. The molecule has 0 atom stereocenters. The smallest absolute Gasteiger partial charge is 0.257 e. The Morgan fingerprint density at radius 2 is 1.58 bits per heavy atom. The van der Waals surface area contributed by atoms with E-state index in [-0.39, 0.29) is 15.9 Å². The first kappa shape index (κ1) is 26.8. The van der Waals surface area contributed by atoms with Gasteiger partial charge in [0.15, 0.2) is 5.11 Å². The molecule has 0 aliphatic rings. The van der Waals surface area contributed by atoms with E-state index >= 15 is 0 Å². The first-order valence-corrected chi connectivity index (χ1v) is 13.2. The van der Waals surface area contributed by atoms with Gasteiger partial charge in [-0.2, -0.15) is 0 Å². The van der Waals surface area contributed by atoms with Crippen molar-refractivity contribution in [3.05, 3.63) is 54.1 Å². The van der Waals surface area contributed by atoms with Gasteiger partial charge in [-0.15, -0.1) is 0 Å². The van der Waals surface area contributed by atoms with Gasteiger partial charge in [-0.25, -0.2) is 13.1 Å². The molecule has 0 unspecified atom stereocenters. The summed E-state index contributed by atoms with van der Waals surface area (Å²) in [5, 5.41) is 5.62. The van der Waals surface area contributed by atoms with Crippen LogP contribution in [0.3, 0.4) is 0 Å². The van der Waals surface area contributed by atoms with Crippen LogP contribution in [0.2, 0.25) is 0 Å². The Labute approximate surface area is 202 Å². The van der Waals surface area contributed by atoms with E-state index in [1.54, 1.807) is 36.4 Å². The number of amides is 1. The van der Waals surface area contributed by atoms with Gasteiger partial charge in [0.05, 0.1) is 11.5 Å². The molecule has 0 saturated heterocycles. The molecule has 1 amide bonds. The fraction of sp³-hybridized carbons (Fsp3) is 0.417. The van der Waals surface area contributed by atoms with E-state index in [4.69, 9.17) is 17.0 Å². The Hall–Kier alpha value is -2.49. The van der Waals surface area contributed by atoms with Gasteiger partial charge in [0.25, 0.3) is 5.91 Å². The molecule has 7 nitrogen and oxygen atoms in total. The highest BCUT2D eigenvalue weighted by molar-refractivity contribution is 7.89. The summed E-state index contributed by atoms with van der Waals surface area (Å²) in [6.45, 7) is 5.13. The zero-order chi connectivity index (χ0) is 24.1. The molecule has 0 fully saturated rings. The van der Waals surface area contributed by atoms with E-state index in [1.165, 1.54) is 31.4 Å². The molecule has 0 radical (unpaired) electrons. The highest BCUT2D eigenvalue weighted by Crippen LogP contribution is 2.15. The van der Waals surface area contributed by atoms with Gasteiger partial charge < -0.3 is 10.1 Å². The molecular formula is C24H33N3O4S2. The van der Waals surface area contributed by atoms with Crippen LogP contribution in [0.15, 0.2) is 53.4 Å². The van der Waals surface area contributed by atoms with Gasteiger partial charge in [-0.05, 0) is 73.6 Å². The Morgan fingerprint density at radius 1 is 0.909 bits per heavy atom. The van der Waals surface area contributed by atoms with E-state index in [2.05, 4.69) is 22.3 Å². The van der Waals surface area contributed by atoms with Crippen LogP contribution in [-0.2, 0) is 10.0 Å². The summed E-state index contributed by atoms with van der Waals surface area (Å²) in [6.07, 6.45) is 6.59. The molecule has 33 heavy (non-hydrogen) atoms. The van der Waals surface area contributed by atoms with Gasteiger partial charge >= 0.3 is 0 Å². The molecule has 0 aliphatic carbocycles. The second-order valence-electron chi connectivity index (χ2n) is 7.62. The molecule has 2 aromatic carbocycles. The number of ether oxygens (including phenoxy) is 1. The van der Waals surface area contributed by atoms with Gasteiger partial charge in [0.1, 0.15) is 5.75 Å². The van der Waals surface area contributed by atoms with Crippen molar-refractivity contribution in [3.63, 3.8) is 0 Å². The van der Waals surface area contributed by atoms with Crippen molar-refractivity contribution in [2.75, 3.05) is 18.5 Å². The Morgan fingerprint density at radius 3 is 2.21 bits per heavy atom. The monoisotopic (exact) mass is 491 g/mol. The third kappa shape index (κ3) is 9.49. The van der Waals surface area contributed by atoms with E-state index in [0.717, 1.165) is 18.6 Å². The third-order valence-corrected chi connectivity index (χ3v) is 6.51. The first-order valence-electron chi connectivity index (χ1n) is 11.3. The third-order valence-electron chi connectivity index (χ3n) is 4.82. The normalized spacial score (nSPS) is 11.1. The number of benzene rings is 2. The molecular weight excluding hydrogens is 458 g/mol. The summed E-state index contributed by atoms with van der Waals surface area (Å²) in [7, 11) is -3.53. The predicted molar refractivity (Wildman–Crippen MR) is 136 cm³/mol. The van der Waals surface area contributed by atoms with E-state index in [0.29, 0.717) is 30.8 Å².